The van der Waals surface area contributed by atoms with Gasteiger partial charge in [-0.05, 0) is 44.2 Å². The van der Waals surface area contributed by atoms with Crippen LogP contribution in [0.5, 0.6) is 5.75 Å². The molecule has 33 heavy (non-hydrogen) atoms. The number of methoxy groups -OCH3 is 1. The fourth-order valence-corrected chi connectivity index (χ4v) is 3.81. The Kier molecular flexibility index (Phi) is 6.63. The van der Waals surface area contributed by atoms with Crippen molar-refractivity contribution in [2.45, 2.75) is 13.8 Å². The van der Waals surface area contributed by atoms with Gasteiger partial charge in [0, 0.05) is 31.7 Å². The number of rotatable bonds is 5. The van der Waals surface area contributed by atoms with Gasteiger partial charge in [-0.1, -0.05) is 29.8 Å². The molecule has 1 aliphatic heterocycles. The molecule has 1 aromatic heterocycles. The molecule has 8 nitrogen and oxygen atoms in total. The van der Waals surface area contributed by atoms with Crippen LogP contribution in [0.4, 0.5) is 4.79 Å². The lowest BCUT2D eigenvalue weighted by Gasteiger charge is -2.34. The summed E-state index contributed by atoms with van der Waals surface area (Å²) in [4.78, 5) is 28.9. The molecule has 8 heteroatoms. The molecule has 1 saturated heterocycles. The Morgan fingerprint density at radius 3 is 2.33 bits per heavy atom. The normalized spacial score (nSPS) is 13.7. The van der Waals surface area contributed by atoms with E-state index in [1.54, 1.807) is 28.5 Å². The van der Waals surface area contributed by atoms with Crippen molar-refractivity contribution < 1.29 is 19.1 Å². The number of benzene rings is 2. The van der Waals surface area contributed by atoms with Crippen molar-refractivity contribution in [3.63, 3.8) is 0 Å². The van der Waals surface area contributed by atoms with Crippen molar-refractivity contribution in [3.8, 4) is 22.7 Å². The van der Waals surface area contributed by atoms with Crippen LogP contribution in [0.25, 0.3) is 16.9 Å². The Balaban J connectivity index is 1.64. The fraction of sp³-hybridized carbons (Fsp3) is 0.320. The summed E-state index contributed by atoms with van der Waals surface area (Å²) < 4.78 is 12.1. The molecule has 3 aromatic rings. The van der Waals surface area contributed by atoms with Gasteiger partial charge in [-0.3, -0.25) is 4.79 Å². The van der Waals surface area contributed by atoms with Gasteiger partial charge in [-0.25, -0.2) is 9.48 Å². The third kappa shape index (κ3) is 4.84. The summed E-state index contributed by atoms with van der Waals surface area (Å²) in [5, 5.41) is 4.77. The van der Waals surface area contributed by atoms with Crippen molar-refractivity contribution in [1.82, 2.24) is 19.6 Å². The predicted molar refractivity (Wildman–Crippen MR) is 125 cm³/mol. The van der Waals surface area contributed by atoms with Crippen LogP contribution in [-0.4, -0.2) is 71.5 Å². The number of hydrogen-bond donors (Lipinski definition) is 0. The first kappa shape index (κ1) is 22.4. The van der Waals surface area contributed by atoms with Crippen molar-refractivity contribution in [2.24, 2.45) is 0 Å². The molecule has 0 atom stereocenters. The van der Waals surface area contributed by atoms with Crippen molar-refractivity contribution >= 4 is 12.0 Å². The van der Waals surface area contributed by atoms with Gasteiger partial charge in [0.25, 0.3) is 5.91 Å². The summed E-state index contributed by atoms with van der Waals surface area (Å²) in [6.07, 6.45) is -0.338. The summed E-state index contributed by atoms with van der Waals surface area (Å²) in [5.74, 6) is 0.598. The number of carbonyl (C=O) groups excluding carboxylic acids is 2. The first-order chi connectivity index (χ1) is 16.0. The van der Waals surface area contributed by atoms with Gasteiger partial charge in [0.1, 0.15) is 11.4 Å². The lowest BCUT2D eigenvalue weighted by Crippen LogP contribution is -2.51. The van der Waals surface area contributed by atoms with Gasteiger partial charge in [-0.15, -0.1) is 0 Å². The second kappa shape index (κ2) is 9.77. The Morgan fingerprint density at radius 2 is 1.67 bits per heavy atom. The molecule has 2 heterocycles. The standard InChI is InChI=1S/C25H28N4O4/c1-4-33-25(31)28-14-12-27(13-15-28)24(30)23-17-22(19-6-5-7-21(16-19)32-3)26-29(23)20-10-8-18(2)9-11-20/h5-11,16-17H,4,12-15H2,1-3H3. The first-order valence-electron chi connectivity index (χ1n) is 11.0. The maximum absolute atomic E-state index is 13.5. The molecule has 2 aromatic carbocycles. The van der Waals surface area contributed by atoms with E-state index < -0.39 is 0 Å². The molecule has 0 radical (unpaired) electrons. The molecule has 4 rings (SSSR count). The second-order valence-corrected chi connectivity index (χ2v) is 7.87. The number of piperazine rings is 1. The van der Waals surface area contributed by atoms with Crippen molar-refractivity contribution in [3.05, 3.63) is 65.9 Å². The number of ether oxygens (including phenoxy) is 2. The summed E-state index contributed by atoms with van der Waals surface area (Å²) in [6, 6.07) is 17.3. The van der Waals surface area contributed by atoms with Crippen LogP contribution in [0.15, 0.2) is 54.6 Å². The zero-order valence-electron chi connectivity index (χ0n) is 19.2. The van der Waals surface area contributed by atoms with Crippen molar-refractivity contribution in [2.75, 3.05) is 39.9 Å². The smallest absolute Gasteiger partial charge is 0.409 e. The number of amides is 2. The highest BCUT2D eigenvalue weighted by Crippen LogP contribution is 2.26. The highest BCUT2D eigenvalue weighted by atomic mass is 16.6. The second-order valence-electron chi connectivity index (χ2n) is 7.87. The molecule has 2 amide bonds. The Bertz CT molecular complexity index is 1130. The molecule has 0 spiro atoms. The molecular formula is C25H28N4O4. The monoisotopic (exact) mass is 448 g/mol. The topological polar surface area (TPSA) is 76.9 Å². The van der Waals surface area contributed by atoms with Crippen molar-refractivity contribution in [1.29, 1.82) is 0 Å². The Hall–Kier alpha value is -3.81. The van der Waals surface area contributed by atoms with E-state index >= 15 is 0 Å². The van der Waals surface area contributed by atoms with Gasteiger partial charge >= 0.3 is 6.09 Å². The molecule has 172 valence electrons. The largest absolute Gasteiger partial charge is 0.497 e. The quantitative estimate of drug-likeness (QED) is 0.594. The minimum Gasteiger partial charge on any atom is -0.497 e. The summed E-state index contributed by atoms with van der Waals surface area (Å²) in [5.41, 5.74) is 3.95. The first-order valence-corrected chi connectivity index (χ1v) is 11.0. The van der Waals surface area contributed by atoms with E-state index in [9.17, 15) is 9.59 Å². The molecule has 0 N–H and O–H groups in total. The van der Waals surface area contributed by atoms with E-state index in [0.717, 1.165) is 22.6 Å². The van der Waals surface area contributed by atoms with E-state index in [-0.39, 0.29) is 12.0 Å². The van der Waals surface area contributed by atoms with Gasteiger partial charge < -0.3 is 19.3 Å². The molecule has 1 fully saturated rings. The number of hydrogen-bond acceptors (Lipinski definition) is 5. The minimum atomic E-state index is -0.338. The SMILES string of the molecule is CCOC(=O)N1CCN(C(=O)c2cc(-c3cccc(OC)c3)nn2-c2ccc(C)cc2)CC1. The van der Waals surface area contributed by atoms with E-state index in [2.05, 4.69) is 0 Å². The highest BCUT2D eigenvalue weighted by molar-refractivity contribution is 5.94. The molecule has 1 aliphatic rings. The molecule has 0 aliphatic carbocycles. The minimum absolute atomic E-state index is 0.124. The summed E-state index contributed by atoms with van der Waals surface area (Å²) in [6.45, 7) is 5.88. The maximum atomic E-state index is 13.5. The zero-order valence-corrected chi connectivity index (χ0v) is 19.2. The van der Waals surface area contributed by atoms with Crippen LogP contribution in [-0.2, 0) is 4.74 Å². The molecule has 0 bridgehead atoms. The zero-order chi connectivity index (χ0) is 23.4. The number of nitrogens with zero attached hydrogens (tertiary/aromatic N) is 4. The molecule has 0 saturated carbocycles. The maximum Gasteiger partial charge on any atom is 0.409 e. The van der Waals surface area contributed by atoms with Crippen LogP contribution in [0.2, 0.25) is 0 Å². The summed E-state index contributed by atoms with van der Waals surface area (Å²) in [7, 11) is 1.62. The number of aryl methyl sites for hydroxylation is 1. The lowest BCUT2D eigenvalue weighted by molar-refractivity contribution is 0.0563. The molecular weight excluding hydrogens is 420 g/mol. The van der Waals surface area contributed by atoms with E-state index in [0.29, 0.717) is 44.2 Å². The lowest BCUT2D eigenvalue weighted by atomic mass is 10.1. The van der Waals surface area contributed by atoms with Gasteiger partial charge in [0.05, 0.1) is 25.1 Å². The fourth-order valence-electron chi connectivity index (χ4n) is 3.81. The summed E-state index contributed by atoms with van der Waals surface area (Å²) >= 11 is 0. The van der Waals surface area contributed by atoms with E-state index in [4.69, 9.17) is 14.6 Å². The van der Waals surface area contributed by atoms with Gasteiger partial charge in [0.15, 0.2) is 0 Å². The van der Waals surface area contributed by atoms with Gasteiger partial charge in [-0.2, -0.15) is 5.10 Å². The van der Waals surface area contributed by atoms with Crippen LogP contribution >= 0.6 is 0 Å². The van der Waals surface area contributed by atoms with Crippen LogP contribution < -0.4 is 4.74 Å². The van der Waals surface area contributed by atoms with Crippen LogP contribution in [0.3, 0.4) is 0 Å². The van der Waals surface area contributed by atoms with Gasteiger partial charge in [0.2, 0.25) is 0 Å². The van der Waals surface area contributed by atoms with E-state index in [1.807, 2.05) is 61.5 Å². The average molecular weight is 449 g/mol. The average Bonchev–Trinajstić information content (AvgIpc) is 3.30. The third-order valence-corrected chi connectivity index (χ3v) is 5.67. The number of carbonyl (C=O) groups is 2. The number of aromatic nitrogens is 2. The molecule has 0 unspecified atom stereocenters. The Labute approximate surface area is 193 Å². The highest BCUT2D eigenvalue weighted by Gasteiger charge is 2.28. The predicted octanol–water partition coefficient (Wildman–Crippen LogP) is 3.77. The third-order valence-electron chi connectivity index (χ3n) is 5.67. The van der Waals surface area contributed by atoms with Crippen LogP contribution in [0, 0.1) is 6.92 Å². The van der Waals surface area contributed by atoms with Crippen LogP contribution in [0.1, 0.15) is 23.0 Å². The Morgan fingerprint density at radius 1 is 0.970 bits per heavy atom. The van der Waals surface area contributed by atoms with E-state index in [1.165, 1.54) is 0 Å².